The van der Waals surface area contributed by atoms with Crippen LogP contribution in [0.15, 0.2) is 47.8 Å². The van der Waals surface area contributed by atoms with Crippen LogP contribution in [-0.4, -0.2) is 24.5 Å². The second-order valence-electron chi connectivity index (χ2n) is 6.24. The lowest BCUT2D eigenvalue weighted by Gasteiger charge is -2.06. The van der Waals surface area contributed by atoms with E-state index in [1.165, 1.54) is 10.5 Å². The molecule has 5 nitrogen and oxygen atoms in total. The van der Waals surface area contributed by atoms with Crippen LogP contribution in [0.1, 0.15) is 25.3 Å². The second kappa shape index (κ2) is 5.94. The minimum atomic E-state index is 0.478. The molecular formula is C18H19N5S. The minimum Gasteiger partial charge on any atom is -0.268 e. The van der Waals surface area contributed by atoms with Gasteiger partial charge in [-0.05, 0) is 35.7 Å². The lowest BCUT2D eigenvalue weighted by molar-refractivity contribution is 0.768. The van der Waals surface area contributed by atoms with Gasteiger partial charge in [-0.3, -0.25) is 4.68 Å². The van der Waals surface area contributed by atoms with Crippen molar-refractivity contribution in [1.29, 1.82) is 0 Å². The molecule has 0 bridgehead atoms. The molecule has 0 fully saturated rings. The molecule has 122 valence electrons. The first-order valence-corrected chi connectivity index (χ1v) is 8.96. The van der Waals surface area contributed by atoms with E-state index in [4.69, 9.17) is 0 Å². The van der Waals surface area contributed by atoms with Crippen molar-refractivity contribution in [3.05, 3.63) is 48.4 Å². The number of rotatable bonds is 4. The Balaban J connectivity index is 1.57. The molecule has 0 aliphatic heterocycles. The lowest BCUT2D eigenvalue weighted by Crippen LogP contribution is -1.98. The molecule has 0 unspecified atom stereocenters. The molecule has 0 amide bonds. The molecule has 0 N–H and O–H groups in total. The van der Waals surface area contributed by atoms with Gasteiger partial charge >= 0.3 is 0 Å². The normalized spacial score (nSPS) is 11.8. The lowest BCUT2D eigenvalue weighted by atomic mass is 10.1. The molecule has 3 heterocycles. The van der Waals surface area contributed by atoms with Crippen LogP contribution in [0.2, 0.25) is 0 Å². The fraction of sp³-hybridized carbons (Fsp3) is 0.278. The Hall–Kier alpha value is -2.34. The van der Waals surface area contributed by atoms with Gasteiger partial charge in [0.25, 0.3) is 0 Å². The van der Waals surface area contributed by atoms with Crippen molar-refractivity contribution in [2.24, 2.45) is 7.05 Å². The molecule has 4 rings (SSSR count). The second-order valence-corrected chi connectivity index (χ2v) is 7.26. The van der Waals surface area contributed by atoms with Gasteiger partial charge < -0.3 is 0 Å². The largest absolute Gasteiger partial charge is 0.268 e. The molecule has 1 aromatic carbocycles. The van der Waals surface area contributed by atoms with E-state index >= 15 is 0 Å². The smallest absolute Gasteiger partial charge is 0.158 e. The van der Waals surface area contributed by atoms with Gasteiger partial charge in [0.15, 0.2) is 5.65 Å². The van der Waals surface area contributed by atoms with Crippen LogP contribution in [0, 0.1) is 0 Å². The Labute approximate surface area is 144 Å². The van der Waals surface area contributed by atoms with Crippen LogP contribution in [0.4, 0.5) is 0 Å². The Bertz CT molecular complexity index is 1010. The number of aryl methyl sites for hydroxylation is 1. The maximum Gasteiger partial charge on any atom is 0.158 e. The van der Waals surface area contributed by atoms with Crippen LogP contribution < -0.4 is 0 Å². The van der Waals surface area contributed by atoms with Crippen LogP contribution in [0.5, 0.6) is 0 Å². The highest BCUT2D eigenvalue weighted by Gasteiger charge is 2.08. The standard InChI is InChI=1S/C18H19N5S/c1-12(2)13-6-15-10-21-23(18(15)19-8-13)11-24-16-4-5-17-14(7-16)9-20-22(17)3/h4-10,12H,11H2,1-3H3. The molecular weight excluding hydrogens is 318 g/mol. The zero-order valence-electron chi connectivity index (χ0n) is 14.0. The van der Waals surface area contributed by atoms with Crippen molar-refractivity contribution >= 4 is 33.7 Å². The van der Waals surface area contributed by atoms with Crippen molar-refractivity contribution in [3.63, 3.8) is 0 Å². The van der Waals surface area contributed by atoms with E-state index in [0.717, 1.165) is 27.8 Å². The van der Waals surface area contributed by atoms with E-state index in [1.54, 1.807) is 11.8 Å². The van der Waals surface area contributed by atoms with Gasteiger partial charge in [-0.1, -0.05) is 13.8 Å². The molecule has 24 heavy (non-hydrogen) atoms. The average molecular weight is 337 g/mol. The van der Waals surface area contributed by atoms with Gasteiger partial charge in [0, 0.05) is 28.9 Å². The summed E-state index contributed by atoms with van der Waals surface area (Å²) in [4.78, 5) is 5.81. The number of fused-ring (bicyclic) bond motifs is 2. The summed E-state index contributed by atoms with van der Waals surface area (Å²) < 4.78 is 3.85. The molecule has 3 aromatic heterocycles. The van der Waals surface area contributed by atoms with Crippen molar-refractivity contribution in [1.82, 2.24) is 24.5 Å². The number of benzene rings is 1. The molecule has 4 aromatic rings. The van der Waals surface area contributed by atoms with Crippen molar-refractivity contribution in [3.8, 4) is 0 Å². The minimum absolute atomic E-state index is 0.478. The van der Waals surface area contributed by atoms with Gasteiger partial charge in [0.1, 0.15) is 0 Å². The van der Waals surface area contributed by atoms with E-state index in [1.807, 2.05) is 35.0 Å². The van der Waals surface area contributed by atoms with Crippen LogP contribution in [0.25, 0.3) is 21.9 Å². The van der Waals surface area contributed by atoms with E-state index in [2.05, 4.69) is 53.3 Å². The Kier molecular flexibility index (Phi) is 3.76. The first-order chi connectivity index (χ1) is 11.6. The molecule has 6 heteroatoms. The fourth-order valence-electron chi connectivity index (χ4n) is 2.77. The number of nitrogens with zero attached hydrogens (tertiary/aromatic N) is 5. The number of thioether (sulfide) groups is 1. The van der Waals surface area contributed by atoms with E-state index in [-0.39, 0.29) is 0 Å². The zero-order chi connectivity index (χ0) is 16.7. The average Bonchev–Trinajstić information content (AvgIpc) is 3.16. The Morgan fingerprint density at radius 3 is 2.71 bits per heavy atom. The van der Waals surface area contributed by atoms with Gasteiger partial charge in [-0.25, -0.2) is 9.67 Å². The van der Waals surface area contributed by atoms with Crippen molar-refractivity contribution < 1.29 is 0 Å². The summed E-state index contributed by atoms with van der Waals surface area (Å²) in [5.41, 5.74) is 3.33. The summed E-state index contributed by atoms with van der Waals surface area (Å²) in [7, 11) is 1.96. The van der Waals surface area contributed by atoms with Gasteiger partial charge in [-0.15, -0.1) is 11.8 Å². The first kappa shape index (κ1) is 15.2. The maximum atomic E-state index is 4.60. The third-order valence-corrected chi connectivity index (χ3v) is 5.20. The quantitative estimate of drug-likeness (QED) is 0.524. The SMILES string of the molecule is CC(C)c1cnc2c(cnn2CSc2ccc3c(cnn3C)c2)c1. The van der Waals surface area contributed by atoms with Gasteiger partial charge in [0.05, 0.1) is 23.8 Å². The molecule has 0 saturated carbocycles. The van der Waals surface area contributed by atoms with Crippen LogP contribution in [-0.2, 0) is 12.9 Å². The summed E-state index contributed by atoms with van der Waals surface area (Å²) in [5, 5.41) is 11.0. The molecule has 0 aliphatic rings. The van der Waals surface area contributed by atoms with Crippen molar-refractivity contribution in [2.75, 3.05) is 0 Å². The third-order valence-electron chi connectivity index (χ3n) is 4.23. The third kappa shape index (κ3) is 2.67. The van der Waals surface area contributed by atoms with E-state index in [0.29, 0.717) is 5.92 Å². The Morgan fingerprint density at radius 1 is 1.04 bits per heavy atom. The predicted octanol–water partition coefficient (Wildman–Crippen LogP) is 4.19. The topological polar surface area (TPSA) is 48.5 Å². The van der Waals surface area contributed by atoms with E-state index < -0.39 is 0 Å². The zero-order valence-corrected chi connectivity index (χ0v) is 14.8. The summed E-state index contributed by atoms with van der Waals surface area (Å²) in [6.07, 6.45) is 5.76. The molecule has 0 aliphatic carbocycles. The predicted molar refractivity (Wildman–Crippen MR) is 98.2 cm³/mol. The van der Waals surface area contributed by atoms with Crippen LogP contribution in [0.3, 0.4) is 0 Å². The number of hydrogen-bond acceptors (Lipinski definition) is 4. The van der Waals surface area contributed by atoms with Crippen LogP contribution >= 0.6 is 11.8 Å². The van der Waals surface area contributed by atoms with Gasteiger partial charge in [-0.2, -0.15) is 10.2 Å². The summed E-state index contributed by atoms with van der Waals surface area (Å²) in [6, 6.07) is 8.59. The fourth-order valence-corrected chi connectivity index (χ4v) is 3.60. The summed E-state index contributed by atoms with van der Waals surface area (Å²) in [6.45, 7) is 4.36. The van der Waals surface area contributed by atoms with Gasteiger partial charge in [0.2, 0.25) is 0 Å². The maximum absolute atomic E-state index is 4.60. The monoisotopic (exact) mass is 337 g/mol. The van der Waals surface area contributed by atoms with E-state index in [9.17, 15) is 0 Å². The number of hydrogen-bond donors (Lipinski definition) is 0. The van der Waals surface area contributed by atoms with Crippen molar-refractivity contribution in [2.45, 2.75) is 30.5 Å². The molecule has 0 spiro atoms. The molecule has 0 atom stereocenters. The molecule has 0 radical (unpaired) electrons. The Morgan fingerprint density at radius 2 is 1.88 bits per heavy atom. The number of pyridine rings is 1. The highest BCUT2D eigenvalue weighted by Crippen LogP contribution is 2.26. The summed E-state index contributed by atoms with van der Waals surface area (Å²) in [5.74, 6) is 1.22. The number of aromatic nitrogens is 5. The molecule has 0 saturated heterocycles. The highest BCUT2D eigenvalue weighted by atomic mass is 32.2. The highest BCUT2D eigenvalue weighted by molar-refractivity contribution is 7.98. The first-order valence-electron chi connectivity index (χ1n) is 7.98. The summed E-state index contributed by atoms with van der Waals surface area (Å²) >= 11 is 1.75.